The molecule has 3 rings (SSSR count). The molecule has 0 aliphatic rings. The Hall–Kier alpha value is -2.95. The summed E-state index contributed by atoms with van der Waals surface area (Å²) >= 11 is 0. The van der Waals surface area contributed by atoms with Crippen molar-refractivity contribution < 1.29 is 19.4 Å². The Morgan fingerprint density at radius 1 is 1.10 bits per heavy atom. The molecule has 0 aliphatic carbocycles. The highest BCUT2D eigenvalue weighted by Gasteiger charge is 2.14. The summed E-state index contributed by atoms with van der Waals surface area (Å²) in [5, 5.41) is 19.4. The smallest absolute Gasteiger partial charge is 0.204 e. The number of fused-ring (bicyclic) bond motifs is 1. The molecule has 2 aromatic carbocycles. The molecule has 0 unspecified atom stereocenters. The van der Waals surface area contributed by atoms with Crippen molar-refractivity contribution in [1.29, 1.82) is 0 Å². The van der Waals surface area contributed by atoms with Crippen LogP contribution in [0.5, 0.6) is 17.2 Å². The number of hydrogen-bond acceptors (Lipinski definition) is 5. The summed E-state index contributed by atoms with van der Waals surface area (Å²) < 4.78 is 10.6. The molecular formula is C16H12O5. The molecule has 0 bridgehead atoms. The zero-order valence-corrected chi connectivity index (χ0v) is 11.2. The molecule has 5 heteroatoms. The summed E-state index contributed by atoms with van der Waals surface area (Å²) in [6.45, 7) is 0. The largest absolute Gasteiger partial charge is 0.508 e. The topological polar surface area (TPSA) is 79.9 Å². The number of phenols is 2. The second-order valence-electron chi connectivity index (χ2n) is 4.55. The van der Waals surface area contributed by atoms with E-state index in [1.807, 2.05) is 0 Å². The normalized spacial score (nSPS) is 10.7. The van der Waals surface area contributed by atoms with Crippen molar-refractivity contribution in [1.82, 2.24) is 0 Å². The molecule has 0 amide bonds. The summed E-state index contributed by atoms with van der Waals surface area (Å²) in [5.41, 5.74) is 0.794. The molecule has 21 heavy (non-hydrogen) atoms. The minimum atomic E-state index is -0.293. The molecule has 3 aromatic rings. The number of methoxy groups -OCH3 is 1. The van der Waals surface area contributed by atoms with Gasteiger partial charge in [0.25, 0.3) is 0 Å². The first-order valence-corrected chi connectivity index (χ1v) is 6.22. The van der Waals surface area contributed by atoms with E-state index in [9.17, 15) is 15.0 Å². The first kappa shape index (κ1) is 13.1. The van der Waals surface area contributed by atoms with E-state index in [0.29, 0.717) is 11.1 Å². The molecule has 0 spiro atoms. The van der Waals surface area contributed by atoms with E-state index >= 15 is 0 Å². The molecule has 2 N–H and O–H groups in total. The van der Waals surface area contributed by atoms with Gasteiger partial charge in [0, 0.05) is 12.1 Å². The fourth-order valence-electron chi connectivity index (χ4n) is 2.24. The number of aromatic hydroxyl groups is 2. The molecule has 5 nitrogen and oxygen atoms in total. The van der Waals surface area contributed by atoms with Crippen LogP contribution < -0.4 is 10.2 Å². The third-order valence-electron chi connectivity index (χ3n) is 3.20. The Morgan fingerprint density at radius 3 is 2.62 bits per heavy atom. The maximum atomic E-state index is 12.6. The van der Waals surface area contributed by atoms with Crippen LogP contribution in [0.25, 0.3) is 22.1 Å². The maximum Gasteiger partial charge on any atom is 0.204 e. The van der Waals surface area contributed by atoms with Gasteiger partial charge in [0.05, 0.1) is 12.7 Å². The molecule has 0 aliphatic heterocycles. The zero-order valence-electron chi connectivity index (χ0n) is 11.2. The Morgan fingerprint density at radius 2 is 1.90 bits per heavy atom. The van der Waals surface area contributed by atoms with Crippen molar-refractivity contribution in [2.75, 3.05) is 7.11 Å². The third kappa shape index (κ3) is 2.18. The van der Waals surface area contributed by atoms with Crippen LogP contribution in [-0.4, -0.2) is 17.3 Å². The lowest BCUT2D eigenvalue weighted by atomic mass is 10.0. The van der Waals surface area contributed by atoms with Crippen molar-refractivity contribution in [2.24, 2.45) is 0 Å². The average Bonchev–Trinajstić information content (AvgIpc) is 2.46. The van der Waals surface area contributed by atoms with E-state index in [0.717, 1.165) is 0 Å². The van der Waals surface area contributed by atoms with Gasteiger partial charge in [-0.1, -0.05) is 12.1 Å². The second-order valence-corrected chi connectivity index (χ2v) is 4.55. The minimum absolute atomic E-state index is 0.0485. The van der Waals surface area contributed by atoms with Gasteiger partial charge in [-0.05, 0) is 17.7 Å². The minimum Gasteiger partial charge on any atom is -0.508 e. The van der Waals surface area contributed by atoms with Crippen molar-refractivity contribution in [3.8, 4) is 28.4 Å². The lowest BCUT2D eigenvalue weighted by Gasteiger charge is -2.07. The fraction of sp³-hybridized carbons (Fsp3) is 0.0625. The van der Waals surface area contributed by atoms with Gasteiger partial charge < -0.3 is 19.4 Å². The summed E-state index contributed by atoms with van der Waals surface area (Å²) in [7, 11) is 1.41. The van der Waals surface area contributed by atoms with Crippen LogP contribution in [0.3, 0.4) is 0 Å². The summed E-state index contributed by atoms with van der Waals surface area (Å²) in [6.07, 6.45) is 1.30. The first-order chi connectivity index (χ1) is 10.1. The first-order valence-electron chi connectivity index (χ1n) is 6.22. The van der Waals surface area contributed by atoms with Crippen LogP contribution in [-0.2, 0) is 0 Å². The van der Waals surface area contributed by atoms with E-state index in [-0.39, 0.29) is 33.6 Å². The molecule has 0 saturated heterocycles. The molecule has 0 saturated carbocycles. The average molecular weight is 284 g/mol. The maximum absolute atomic E-state index is 12.6. The third-order valence-corrected chi connectivity index (χ3v) is 3.20. The molecular weight excluding hydrogens is 272 g/mol. The number of ether oxygens (including phenoxy) is 1. The summed E-state index contributed by atoms with van der Waals surface area (Å²) in [6, 6.07) is 9.04. The monoisotopic (exact) mass is 284 g/mol. The van der Waals surface area contributed by atoms with Crippen LogP contribution in [0.2, 0.25) is 0 Å². The van der Waals surface area contributed by atoms with Crippen LogP contribution in [0.15, 0.2) is 51.9 Å². The summed E-state index contributed by atoms with van der Waals surface area (Å²) in [4.78, 5) is 12.6. The van der Waals surface area contributed by atoms with Gasteiger partial charge >= 0.3 is 0 Å². The Kier molecular flexibility index (Phi) is 3.02. The SMILES string of the molecule is COc1cc(O)cc2occ(-c3cccc(O)c3)c(=O)c12. The van der Waals surface area contributed by atoms with Gasteiger partial charge in [0.2, 0.25) is 5.43 Å². The Balaban J connectivity index is 2.35. The molecule has 1 heterocycles. The van der Waals surface area contributed by atoms with Crippen LogP contribution in [0.4, 0.5) is 0 Å². The lowest BCUT2D eigenvalue weighted by Crippen LogP contribution is -2.06. The Bertz CT molecular complexity index is 879. The van der Waals surface area contributed by atoms with Gasteiger partial charge in [0.1, 0.15) is 34.5 Å². The van der Waals surface area contributed by atoms with Gasteiger partial charge in [-0.25, -0.2) is 0 Å². The zero-order chi connectivity index (χ0) is 15.0. The van der Waals surface area contributed by atoms with Crippen molar-refractivity contribution >= 4 is 11.0 Å². The second kappa shape index (κ2) is 4.86. The van der Waals surface area contributed by atoms with Crippen molar-refractivity contribution in [3.05, 3.63) is 52.9 Å². The highest BCUT2D eigenvalue weighted by molar-refractivity contribution is 5.88. The van der Waals surface area contributed by atoms with E-state index < -0.39 is 0 Å². The summed E-state index contributed by atoms with van der Waals surface area (Å²) in [5.74, 6) is 0.248. The van der Waals surface area contributed by atoms with E-state index in [2.05, 4.69) is 0 Å². The standard InChI is InChI=1S/C16H12O5/c1-20-13-6-11(18)7-14-15(13)16(19)12(8-21-14)9-3-2-4-10(17)5-9/h2-8,17-18H,1H3. The quantitative estimate of drug-likeness (QED) is 0.756. The molecule has 1 aromatic heterocycles. The molecule has 0 atom stereocenters. The highest BCUT2D eigenvalue weighted by atomic mass is 16.5. The lowest BCUT2D eigenvalue weighted by molar-refractivity contribution is 0.411. The van der Waals surface area contributed by atoms with Crippen LogP contribution in [0, 0.1) is 0 Å². The number of rotatable bonds is 2. The van der Waals surface area contributed by atoms with Gasteiger partial charge in [0.15, 0.2) is 0 Å². The van der Waals surface area contributed by atoms with Gasteiger partial charge in [-0.2, -0.15) is 0 Å². The number of phenolic OH excluding ortho intramolecular Hbond substituents is 2. The molecule has 106 valence electrons. The van der Waals surface area contributed by atoms with E-state index in [1.54, 1.807) is 12.1 Å². The van der Waals surface area contributed by atoms with Crippen LogP contribution >= 0.6 is 0 Å². The highest BCUT2D eigenvalue weighted by Crippen LogP contribution is 2.30. The predicted molar refractivity (Wildman–Crippen MR) is 77.8 cm³/mol. The fourth-order valence-corrected chi connectivity index (χ4v) is 2.24. The van der Waals surface area contributed by atoms with Gasteiger partial charge in [-0.15, -0.1) is 0 Å². The molecule has 0 fully saturated rings. The van der Waals surface area contributed by atoms with Crippen LogP contribution in [0.1, 0.15) is 0 Å². The van der Waals surface area contributed by atoms with E-state index in [4.69, 9.17) is 9.15 Å². The van der Waals surface area contributed by atoms with Crippen molar-refractivity contribution in [3.63, 3.8) is 0 Å². The number of benzene rings is 2. The van der Waals surface area contributed by atoms with E-state index in [1.165, 1.54) is 37.6 Å². The number of hydrogen-bond donors (Lipinski definition) is 2. The Labute approximate surface area is 119 Å². The van der Waals surface area contributed by atoms with Gasteiger partial charge in [-0.3, -0.25) is 4.79 Å². The predicted octanol–water partition coefficient (Wildman–Crippen LogP) is 2.88. The van der Waals surface area contributed by atoms with Crippen molar-refractivity contribution in [2.45, 2.75) is 0 Å². The molecule has 0 radical (unpaired) electrons.